The number of rotatable bonds is 3. The van der Waals surface area contributed by atoms with Gasteiger partial charge >= 0.3 is 6.09 Å². The summed E-state index contributed by atoms with van der Waals surface area (Å²) < 4.78 is 23.4. The van der Waals surface area contributed by atoms with Gasteiger partial charge in [0.05, 0.1) is 23.0 Å². The molecule has 9 nitrogen and oxygen atoms in total. The standard InChI is InChI=1S/C29H33FN6O3/c1-16-13-35-14-20(12-24(30)26(35)31-16)32-27(37)22-9-8-21(23-15-34(7)33-25(22)23)19-10-17(2)36(18(3)11-19)28(38)39-29(4,5)6/h8-10,12-15,17-18H,11H2,1-7H3,(H,32,37)/t17-,18+/m1/s1. The monoisotopic (exact) mass is 532 g/mol. The normalized spacial score (nSPS) is 17.9. The summed E-state index contributed by atoms with van der Waals surface area (Å²) in [4.78, 5) is 32.1. The summed E-state index contributed by atoms with van der Waals surface area (Å²) in [5.41, 5.74) is 3.58. The van der Waals surface area contributed by atoms with E-state index in [9.17, 15) is 14.0 Å². The number of nitrogens with zero attached hydrogens (tertiary/aromatic N) is 5. The van der Waals surface area contributed by atoms with Crippen LogP contribution in [0.15, 0.2) is 42.9 Å². The molecule has 4 aromatic rings. The molecule has 1 aromatic carbocycles. The molecular weight excluding hydrogens is 499 g/mol. The number of benzene rings is 1. The Morgan fingerprint density at radius 1 is 1.15 bits per heavy atom. The molecule has 2 amide bonds. The van der Waals surface area contributed by atoms with Crippen molar-refractivity contribution < 1.29 is 18.7 Å². The molecule has 0 saturated heterocycles. The highest BCUT2D eigenvalue weighted by atomic mass is 19.1. The van der Waals surface area contributed by atoms with Gasteiger partial charge in [-0.15, -0.1) is 0 Å². The number of carbonyl (C=O) groups excluding carboxylic acids is 2. The molecule has 0 spiro atoms. The van der Waals surface area contributed by atoms with E-state index >= 15 is 0 Å². The van der Waals surface area contributed by atoms with Crippen LogP contribution < -0.4 is 5.32 Å². The molecule has 0 fully saturated rings. The molecule has 1 N–H and O–H groups in total. The zero-order valence-electron chi connectivity index (χ0n) is 23.2. The lowest BCUT2D eigenvalue weighted by molar-refractivity contribution is 0.0122. The van der Waals surface area contributed by atoms with Gasteiger partial charge in [-0.05, 0) is 65.2 Å². The second-order valence-corrected chi connectivity index (χ2v) is 11.2. The van der Waals surface area contributed by atoms with E-state index in [0.717, 1.165) is 16.5 Å². The molecule has 0 saturated carbocycles. The Labute approximate surface area is 226 Å². The van der Waals surface area contributed by atoms with Crippen molar-refractivity contribution in [1.29, 1.82) is 0 Å². The molecule has 3 aromatic heterocycles. The molecule has 10 heteroatoms. The summed E-state index contributed by atoms with van der Waals surface area (Å²) in [5.74, 6) is -0.913. The number of carbonyl (C=O) groups is 2. The molecule has 39 heavy (non-hydrogen) atoms. The van der Waals surface area contributed by atoms with Crippen LogP contribution in [0.1, 0.15) is 62.7 Å². The van der Waals surface area contributed by atoms with Gasteiger partial charge in [-0.3, -0.25) is 14.4 Å². The van der Waals surface area contributed by atoms with Gasteiger partial charge in [-0.25, -0.2) is 14.2 Å². The van der Waals surface area contributed by atoms with Gasteiger partial charge in [0.2, 0.25) is 0 Å². The fourth-order valence-electron chi connectivity index (χ4n) is 5.25. The van der Waals surface area contributed by atoms with Crippen molar-refractivity contribution in [2.75, 3.05) is 5.32 Å². The number of hydrogen-bond acceptors (Lipinski definition) is 5. The predicted octanol–water partition coefficient (Wildman–Crippen LogP) is 5.72. The quantitative estimate of drug-likeness (QED) is 0.364. The molecule has 1 aliphatic heterocycles. The Bertz CT molecular complexity index is 1640. The molecular formula is C29H33FN6O3. The van der Waals surface area contributed by atoms with Gasteiger partial charge in [0, 0.05) is 43.1 Å². The molecule has 204 valence electrons. The van der Waals surface area contributed by atoms with Crippen molar-refractivity contribution in [1.82, 2.24) is 24.1 Å². The first-order valence-electron chi connectivity index (χ1n) is 13.0. The molecule has 0 radical (unpaired) electrons. The number of anilines is 1. The lowest BCUT2D eigenvalue weighted by Gasteiger charge is -2.39. The number of pyridine rings is 1. The third-order valence-electron chi connectivity index (χ3n) is 6.74. The first-order valence-corrected chi connectivity index (χ1v) is 13.0. The smallest absolute Gasteiger partial charge is 0.411 e. The SMILES string of the molecule is Cc1cn2cc(NC(=O)c3ccc(C4=C[C@@H](C)N(C(=O)OC(C)(C)C)[C@@H](C)C4)c4cn(C)nc34)cc(F)c2n1. The lowest BCUT2D eigenvalue weighted by Crippen LogP contribution is -2.48. The highest BCUT2D eigenvalue weighted by molar-refractivity contribution is 6.13. The van der Waals surface area contributed by atoms with Crippen molar-refractivity contribution in [3.63, 3.8) is 0 Å². The average Bonchev–Trinajstić information content (AvgIpc) is 3.38. The fraction of sp³-hybridized carbons (Fsp3) is 0.379. The third-order valence-corrected chi connectivity index (χ3v) is 6.74. The summed E-state index contributed by atoms with van der Waals surface area (Å²) >= 11 is 0. The maximum atomic E-state index is 14.6. The number of nitrogens with one attached hydrogen (secondary N) is 1. The van der Waals surface area contributed by atoms with Crippen LogP contribution in [0.2, 0.25) is 0 Å². The number of aryl methyl sites for hydroxylation is 2. The van der Waals surface area contributed by atoms with Crippen molar-refractivity contribution in [2.24, 2.45) is 7.05 Å². The molecule has 0 unspecified atom stereocenters. The Morgan fingerprint density at radius 3 is 2.59 bits per heavy atom. The van der Waals surface area contributed by atoms with E-state index in [-0.39, 0.29) is 23.8 Å². The van der Waals surface area contributed by atoms with E-state index in [1.807, 2.05) is 46.9 Å². The first-order chi connectivity index (χ1) is 18.3. The molecule has 2 atom stereocenters. The Kier molecular flexibility index (Phi) is 6.44. The van der Waals surface area contributed by atoms with Crippen molar-refractivity contribution in [3.05, 3.63) is 65.5 Å². The summed E-state index contributed by atoms with van der Waals surface area (Å²) in [7, 11) is 1.81. The number of imidazole rings is 1. The van der Waals surface area contributed by atoms with Crippen LogP contribution in [0.25, 0.3) is 22.1 Å². The number of aromatic nitrogens is 4. The molecule has 0 aliphatic carbocycles. The third kappa shape index (κ3) is 5.10. The zero-order chi connectivity index (χ0) is 28.2. The summed E-state index contributed by atoms with van der Waals surface area (Å²) in [6.07, 6.45) is 7.57. The lowest BCUT2D eigenvalue weighted by atomic mass is 9.89. The van der Waals surface area contributed by atoms with Crippen molar-refractivity contribution in [3.8, 4) is 0 Å². The maximum absolute atomic E-state index is 14.6. The highest BCUT2D eigenvalue weighted by Gasteiger charge is 2.33. The van der Waals surface area contributed by atoms with Gasteiger partial charge in [-0.1, -0.05) is 12.1 Å². The summed E-state index contributed by atoms with van der Waals surface area (Å²) in [5, 5.41) is 8.21. The van der Waals surface area contributed by atoms with Crippen LogP contribution in [-0.2, 0) is 11.8 Å². The topological polar surface area (TPSA) is 93.8 Å². The largest absolute Gasteiger partial charge is 0.444 e. The number of amides is 2. The number of fused-ring (bicyclic) bond motifs is 2. The van der Waals surface area contributed by atoms with Crippen LogP contribution in [-0.4, -0.2) is 53.8 Å². The van der Waals surface area contributed by atoms with E-state index in [2.05, 4.69) is 21.5 Å². The second kappa shape index (κ2) is 9.52. The number of ether oxygens (including phenoxy) is 1. The average molecular weight is 533 g/mol. The molecule has 1 aliphatic rings. The Morgan fingerprint density at radius 2 is 1.90 bits per heavy atom. The predicted molar refractivity (Wildman–Crippen MR) is 148 cm³/mol. The van der Waals surface area contributed by atoms with Gasteiger partial charge in [-0.2, -0.15) is 5.10 Å². The van der Waals surface area contributed by atoms with E-state index in [1.165, 1.54) is 6.07 Å². The van der Waals surface area contributed by atoms with Crippen LogP contribution in [0.3, 0.4) is 0 Å². The van der Waals surface area contributed by atoms with E-state index in [0.29, 0.717) is 28.9 Å². The van der Waals surface area contributed by atoms with Crippen LogP contribution >= 0.6 is 0 Å². The van der Waals surface area contributed by atoms with Crippen molar-refractivity contribution in [2.45, 2.75) is 65.6 Å². The van der Waals surface area contributed by atoms with Gasteiger partial charge in [0.25, 0.3) is 5.91 Å². The minimum absolute atomic E-state index is 0.0822. The van der Waals surface area contributed by atoms with Gasteiger partial charge in [0.15, 0.2) is 11.5 Å². The minimum atomic E-state index is -0.575. The Balaban J connectivity index is 1.46. The van der Waals surface area contributed by atoms with Crippen molar-refractivity contribution >= 4 is 39.8 Å². The molecule has 5 rings (SSSR count). The van der Waals surface area contributed by atoms with Crippen LogP contribution in [0.4, 0.5) is 14.9 Å². The maximum Gasteiger partial charge on any atom is 0.411 e. The zero-order valence-corrected chi connectivity index (χ0v) is 23.2. The Hall–Kier alpha value is -4.21. The van der Waals surface area contributed by atoms with Crippen LogP contribution in [0, 0.1) is 12.7 Å². The van der Waals surface area contributed by atoms with E-state index in [1.54, 1.807) is 46.4 Å². The number of hydrogen-bond donors (Lipinski definition) is 1. The molecule has 4 heterocycles. The van der Waals surface area contributed by atoms with Crippen LogP contribution in [0.5, 0.6) is 0 Å². The number of halogens is 1. The second-order valence-electron chi connectivity index (χ2n) is 11.2. The highest BCUT2D eigenvalue weighted by Crippen LogP contribution is 2.35. The summed E-state index contributed by atoms with van der Waals surface area (Å²) in [6.45, 7) is 11.3. The fourth-order valence-corrected chi connectivity index (χ4v) is 5.25. The van der Waals surface area contributed by atoms with Gasteiger partial charge < -0.3 is 14.5 Å². The first kappa shape index (κ1) is 26.4. The molecule has 0 bridgehead atoms. The summed E-state index contributed by atoms with van der Waals surface area (Å²) in [6, 6.07) is 4.66. The van der Waals surface area contributed by atoms with E-state index in [4.69, 9.17) is 4.74 Å². The van der Waals surface area contributed by atoms with Gasteiger partial charge in [0.1, 0.15) is 11.1 Å². The van der Waals surface area contributed by atoms with E-state index < -0.39 is 17.3 Å². The minimum Gasteiger partial charge on any atom is -0.444 e.